The fourth-order valence-corrected chi connectivity index (χ4v) is 8.74. The highest BCUT2D eigenvalue weighted by Gasteiger charge is 2.58. The van der Waals surface area contributed by atoms with Crippen molar-refractivity contribution in [3.63, 3.8) is 0 Å². The highest BCUT2D eigenvalue weighted by molar-refractivity contribution is 5.91. The van der Waals surface area contributed by atoms with Gasteiger partial charge >= 0.3 is 0 Å². The van der Waals surface area contributed by atoms with E-state index in [1.165, 1.54) is 60.0 Å². The standard InChI is InChI=1S/C33H37NO/c1-32-18-16-25(34-29-11-7-6-10-23(29)20-30(34)22-8-4-3-5-9-22)21-24(32)12-13-26-27-14-15-31(35)33(27,2)19-17-28(26)32/h3-12,20-21,26-28,31,35H,13-19H2,1-2H3/t26-,27-,28-,31-,32-,33-/m0/s1. The Hall–Kier alpha value is -2.58. The normalized spacial score (nSPS) is 36.2. The average Bonchev–Trinajstić information content (AvgIpc) is 3.42. The number of fused-ring (bicyclic) bond motifs is 6. The molecule has 2 fully saturated rings. The predicted molar refractivity (Wildman–Crippen MR) is 145 cm³/mol. The molecule has 7 rings (SSSR count). The molecule has 1 aromatic heterocycles. The van der Waals surface area contributed by atoms with E-state index < -0.39 is 0 Å². The second-order valence-electron chi connectivity index (χ2n) is 12.3. The van der Waals surface area contributed by atoms with Gasteiger partial charge in [-0.25, -0.2) is 0 Å². The molecule has 180 valence electrons. The van der Waals surface area contributed by atoms with E-state index in [1.54, 1.807) is 5.57 Å². The van der Waals surface area contributed by atoms with Crippen LogP contribution in [0.1, 0.15) is 58.8 Å². The molecule has 3 aromatic rings. The zero-order valence-electron chi connectivity index (χ0n) is 21.1. The summed E-state index contributed by atoms with van der Waals surface area (Å²) in [4.78, 5) is 0. The first kappa shape index (κ1) is 21.7. The quantitative estimate of drug-likeness (QED) is 0.408. The smallest absolute Gasteiger partial charge is 0.0596 e. The molecule has 0 spiro atoms. The Balaban J connectivity index is 1.32. The number of nitrogens with zero attached hydrogens (tertiary/aromatic N) is 1. The minimum Gasteiger partial charge on any atom is -0.393 e. The van der Waals surface area contributed by atoms with Crippen LogP contribution in [0.15, 0.2) is 78.4 Å². The topological polar surface area (TPSA) is 25.2 Å². The van der Waals surface area contributed by atoms with Crippen LogP contribution in [0, 0.1) is 28.6 Å². The van der Waals surface area contributed by atoms with E-state index in [0.29, 0.717) is 5.92 Å². The van der Waals surface area contributed by atoms with E-state index in [2.05, 4.69) is 91.2 Å². The van der Waals surface area contributed by atoms with Crippen LogP contribution in [0.2, 0.25) is 0 Å². The summed E-state index contributed by atoms with van der Waals surface area (Å²) in [7, 11) is 0. The third-order valence-corrected chi connectivity index (χ3v) is 10.8. The maximum Gasteiger partial charge on any atom is 0.0596 e. The SMILES string of the molecule is C[C@]12CC[C@H]3[C@@H](CC=C4C=C(n5c(-c6ccccc6)cc6ccccc65)CC[C@@]43C)[C@@H]1CC[C@@H]2O. The highest BCUT2D eigenvalue weighted by atomic mass is 16.3. The minimum atomic E-state index is -0.0945. The van der Waals surface area contributed by atoms with Gasteiger partial charge in [0, 0.05) is 11.1 Å². The summed E-state index contributed by atoms with van der Waals surface area (Å²) in [5.74, 6) is 2.18. The Morgan fingerprint density at radius 1 is 0.886 bits per heavy atom. The van der Waals surface area contributed by atoms with Crippen LogP contribution in [-0.2, 0) is 0 Å². The zero-order chi connectivity index (χ0) is 23.8. The third-order valence-electron chi connectivity index (χ3n) is 10.8. The number of allylic oxidation sites excluding steroid dienone is 4. The molecule has 2 aromatic carbocycles. The van der Waals surface area contributed by atoms with Crippen molar-refractivity contribution in [2.75, 3.05) is 0 Å². The molecule has 0 radical (unpaired) electrons. The first-order valence-corrected chi connectivity index (χ1v) is 13.7. The highest BCUT2D eigenvalue weighted by Crippen LogP contribution is 2.64. The summed E-state index contributed by atoms with van der Waals surface area (Å²) in [6.45, 7) is 4.94. The van der Waals surface area contributed by atoms with Crippen molar-refractivity contribution in [1.29, 1.82) is 0 Å². The van der Waals surface area contributed by atoms with Crippen LogP contribution < -0.4 is 0 Å². The van der Waals surface area contributed by atoms with Gasteiger partial charge in [0.2, 0.25) is 0 Å². The Labute approximate surface area is 209 Å². The summed E-state index contributed by atoms with van der Waals surface area (Å²) in [5.41, 5.74) is 7.29. The Bertz CT molecular complexity index is 1350. The van der Waals surface area contributed by atoms with Gasteiger partial charge < -0.3 is 9.67 Å². The van der Waals surface area contributed by atoms with E-state index in [0.717, 1.165) is 24.7 Å². The molecule has 4 aliphatic rings. The lowest BCUT2D eigenvalue weighted by molar-refractivity contribution is -0.0623. The lowest BCUT2D eigenvalue weighted by Gasteiger charge is -2.56. The van der Waals surface area contributed by atoms with Crippen molar-refractivity contribution in [2.45, 2.75) is 64.9 Å². The summed E-state index contributed by atoms with van der Waals surface area (Å²) in [6.07, 6.45) is 13.2. The van der Waals surface area contributed by atoms with Crippen molar-refractivity contribution < 1.29 is 5.11 Å². The van der Waals surface area contributed by atoms with Crippen LogP contribution in [0.4, 0.5) is 0 Å². The maximum absolute atomic E-state index is 10.8. The van der Waals surface area contributed by atoms with E-state index in [9.17, 15) is 5.11 Å². The van der Waals surface area contributed by atoms with E-state index in [1.807, 2.05) is 0 Å². The second kappa shape index (κ2) is 7.71. The first-order chi connectivity index (χ1) is 17.0. The summed E-state index contributed by atoms with van der Waals surface area (Å²) in [5, 5.41) is 12.1. The van der Waals surface area contributed by atoms with Gasteiger partial charge in [0.05, 0.1) is 17.3 Å². The van der Waals surface area contributed by atoms with Crippen LogP contribution in [0.25, 0.3) is 27.9 Å². The van der Waals surface area contributed by atoms with Crippen LogP contribution in [-0.4, -0.2) is 15.8 Å². The number of rotatable bonds is 2. The number of aliphatic hydroxyl groups is 1. The molecule has 0 bridgehead atoms. The van der Waals surface area contributed by atoms with Crippen LogP contribution >= 0.6 is 0 Å². The van der Waals surface area contributed by atoms with E-state index >= 15 is 0 Å². The molecular weight excluding hydrogens is 426 g/mol. The third kappa shape index (κ3) is 3.05. The molecular formula is C33H37NO. The zero-order valence-corrected chi connectivity index (χ0v) is 21.1. The first-order valence-electron chi connectivity index (χ1n) is 13.7. The molecule has 1 heterocycles. The number of aromatic nitrogens is 1. The molecule has 0 saturated heterocycles. The molecule has 4 aliphatic carbocycles. The second-order valence-corrected chi connectivity index (χ2v) is 12.3. The Morgan fingerprint density at radius 2 is 1.69 bits per heavy atom. The van der Waals surface area contributed by atoms with Crippen molar-refractivity contribution in [1.82, 2.24) is 4.57 Å². The Kier molecular flexibility index (Phi) is 4.77. The van der Waals surface area contributed by atoms with E-state index in [4.69, 9.17) is 0 Å². The average molecular weight is 464 g/mol. The van der Waals surface area contributed by atoms with Crippen molar-refractivity contribution in [2.24, 2.45) is 28.6 Å². The Morgan fingerprint density at radius 3 is 2.54 bits per heavy atom. The molecule has 0 unspecified atom stereocenters. The molecule has 35 heavy (non-hydrogen) atoms. The van der Waals surface area contributed by atoms with Gasteiger partial charge in [0.15, 0.2) is 0 Å². The van der Waals surface area contributed by atoms with Gasteiger partial charge in [0.1, 0.15) is 0 Å². The number of hydrogen-bond donors (Lipinski definition) is 1. The van der Waals surface area contributed by atoms with Crippen LogP contribution in [0.3, 0.4) is 0 Å². The monoisotopic (exact) mass is 463 g/mol. The van der Waals surface area contributed by atoms with Gasteiger partial charge in [-0.05, 0) is 103 Å². The number of para-hydroxylation sites is 1. The maximum atomic E-state index is 10.8. The van der Waals surface area contributed by atoms with Gasteiger partial charge in [-0.2, -0.15) is 0 Å². The molecule has 0 amide bonds. The largest absolute Gasteiger partial charge is 0.393 e. The van der Waals surface area contributed by atoms with Crippen molar-refractivity contribution in [3.8, 4) is 11.3 Å². The number of aliphatic hydroxyl groups excluding tert-OH is 1. The molecule has 2 heteroatoms. The molecule has 1 N–H and O–H groups in total. The number of hydrogen-bond acceptors (Lipinski definition) is 1. The summed E-state index contributed by atoms with van der Waals surface area (Å²) < 4.78 is 2.53. The molecule has 6 atom stereocenters. The summed E-state index contributed by atoms with van der Waals surface area (Å²) in [6, 6.07) is 22.0. The fourth-order valence-electron chi connectivity index (χ4n) is 8.74. The lowest BCUT2D eigenvalue weighted by Crippen LogP contribution is -2.50. The lowest BCUT2D eigenvalue weighted by atomic mass is 9.48. The molecule has 2 saturated carbocycles. The number of benzene rings is 2. The van der Waals surface area contributed by atoms with Gasteiger partial charge in [-0.3, -0.25) is 0 Å². The van der Waals surface area contributed by atoms with E-state index in [-0.39, 0.29) is 16.9 Å². The minimum absolute atomic E-state index is 0.0945. The molecule has 2 nitrogen and oxygen atoms in total. The van der Waals surface area contributed by atoms with Gasteiger partial charge in [-0.15, -0.1) is 0 Å². The fraction of sp³-hybridized carbons (Fsp3) is 0.455. The van der Waals surface area contributed by atoms with Gasteiger partial charge in [0.25, 0.3) is 0 Å². The molecule has 0 aliphatic heterocycles. The van der Waals surface area contributed by atoms with Crippen molar-refractivity contribution in [3.05, 3.63) is 78.4 Å². The van der Waals surface area contributed by atoms with Crippen molar-refractivity contribution >= 4 is 16.6 Å². The predicted octanol–water partition coefficient (Wildman–Crippen LogP) is 8.08. The van der Waals surface area contributed by atoms with Crippen LogP contribution in [0.5, 0.6) is 0 Å². The summed E-state index contributed by atoms with van der Waals surface area (Å²) >= 11 is 0. The van der Waals surface area contributed by atoms with Gasteiger partial charge in [-0.1, -0.05) is 68.5 Å².